The fourth-order valence-corrected chi connectivity index (χ4v) is 6.64. The number of epoxide rings is 1. The third-order valence-corrected chi connectivity index (χ3v) is 17.0. The lowest BCUT2D eigenvalue weighted by Crippen LogP contribution is -2.57. The molecule has 2 aliphatic rings. The zero-order valence-electron chi connectivity index (χ0n) is 20.3. The molecule has 2 rings (SSSR count). The fraction of sp³-hybridized carbons (Fsp3) is 1.00. The van der Waals surface area contributed by atoms with Crippen molar-refractivity contribution >= 4 is 16.6 Å². The van der Waals surface area contributed by atoms with E-state index < -0.39 is 16.6 Å². The Bertz CT molecular complexity index is 550. The van der Waals surface area contributed by atoms with Crippen LogP contribution in [-0.2, 0) is 13.6 Å². The number of rotatable bonds is 7. The van der Waals surface area contributed by atoms with E-state index in [0.29, 0.717) is 0 Å². The van der Waals surface area contributed by atoms with Gasteiger partial charge in [-0.15, -0.1) is 0 Å². The average Bonchev–Trinajstić information content (AvgIpc) is 3.15. The van der Waals surface area contributed by atoms with Gasteiger partial charge in [-0.1, -0.05) is 41.5 Å². The second kappa shape index (κ2) is 7.75. The van der Waals surface area contributed by atoms with Gasteiger partial charge in [0.05, 0.1) is 18.3 Å². The SMILES string of the molecule is CC(C)(C)[Si](C)(C)O[C@@H]1C[C@H]2O[C@@]2(C)[C@@H](O[Si](C)(C)C(C)(C)C)[C@H]1CCCO. The van der Waals surface area contributed by atoms with E-state index >= 15 is 0 Å². The lowest BCUT2D eigenvalue weighted by atomic mass is 9.75. The minimum absolute atomic E-state index is 0.0495. The summed E-state index contributed by atoms with van der Waals surface area (Å²) in [6.45, 7) is 25.5. The van der Waals surface area contributed by atoms with Gasteiger partial charge < -0.3 is 18.7 Å². The van der Waals surface area contributed by atoms with Gasteiger partial charge in [-0.2, -0.15) is 0 Å². The Kier molecular flexibility index (Phi) is 6.80. The number of aliphatic hydroxyl groups excluding tert-OH is 1. The van der Waals surface area contributed by atoms with Crippen molar-refractivity contribution in [1.29, 1.82) is 0 Å². The molecular formula is C22H46O4Si2. The predicted molar refractivity (Wildman–Crippen MR) is 122 cm³/mol. The van der Waals surface area contributed by atoms with Crippen molar-refractivity contribution in [2.75, 3.05) is 6.61 Å². The quantitative estimate of drug-likeness (QED) is 0.415. The molecule has 0 amide bonds. The molecule has 0 radical (unpaired) electrons. The van der Waals surface area contributed by atoms with Crippen molar-refractivity contribution in [2.24, 2.45) is 5.92 Å². The first-order valence-electron chi connectivity index (χ1n) is 11.1. The number of hydrogen-bond acceptors (Lipinski definition) is 4. The zero-order chi connectivity index (χ0) is 21.8. The van der Waals surface area contributed by atoms with Gasteiger partial charge >= 0.3 is 0 Å². The van der Waals surface area contributed by atoms with Crippen molar-refractivity contribution in [3.63, 3.8) is 0 Å². The molecule has 0 aromatic rings. The molecule has 0 spiro atoms. The summed E-state index contributed by atoms with van der Waals surface area (Å²) >= 11 is 0. The molecule has 166 valence electrons. The monoisotopic (exact) mass is 430 g/mol. The third-order valence-electron chi connectivity index (χ3n) is 8.03. The second-order valence-electron chi connectivity index (χ2n) is 12.3. The largest absolute Gasteiger partial charge is 0.413 e. The van der Waals surface area contributed by atoms with Crippen molar-refractivity contribution in [3.05, 3.63) is 0 Å². The number of aliphatic hydroxyl groups is 1. The van der Waals surface area contributed by atoms with Crippen LogP contribution in [0.2, 0.25) is 36.3 Å². The van der Waals surface area contributed by atoms with Crippen LogP contribution in [0.4, 0.5) is 0 Å². The Morgan fingerprint density at radius 3 is 1.93 bits per heavy atom. The van der Waals surface area contributed by atoms with Crippen molar-refractivity contribution in [3.8, 4) is 0 Å². The van der Waals surface area contributed by atoms with Crippen LogP contribution in [0.3, 0.4) is 0 Å². The minimum Gasteiger partial charge on any atom is -0.413 e. The van der Waals surface area contributed by atoms with Gasteiger partial charge in [0, 0.05) is 18.9 Å². The van der Waals surface area contributed by atoms with Crippen LogP contribution in [0.5, 0.6) is 0 Å². The maximum Gasteiger partial charge on any atom is 0.192 e. The van der Waals surface area contributed by atoms with Crippen molar-refractivity contribution in [2.45, 2.75) is 128 Å². The van der Waals surface area contributed by atoms with Gasteiger partial charge in [0.25, 0.3) is 0 Å². The summed E-state index contributed by atoms with van der Waals surface area (Å²) in [6.07, 6.45) is 3.12. The number of fused-ring (bicyclic) bond motifs is 1. The predicted octanol–water partition coefficient (Wildman–Crippen LogP) is 5.72. The average molecular weight is 431 g/mol. The molecule has 28 heavy (non-hydrogen) atoms. The Labute approximate surface area is 176 Å². The van der Waals surface area contributed by atoms with Crippen LogP contribution in [-0.4, -0.2) is 52.3 Å². The van der Waals surface area contributed by atoms with Gasteiger partial charge in [0.2, 0.25) is 0 Å². The molecule has 0 unspecified atom stereocenters. The molecule has 1 N–H and O–H groups in total. The van der Waals surface area contributed by atoms with Gasteiger partial charge in [-0.25, -0.2) is 0 Å². The highest BCUT2D eigenvalue weighted by Crippen LogP contribution is 2.55. The molecule has 6 heteroatoms. The maximum absolute atomic E-state index is 9.54. The third kappa shape index (κ3) is 4.78. The zero-order valence-corrected chi connectivity index (χ0v) is 22.3. The highest BCUT2D eigenvalue weighted by Gasteiger charge is 2.67. The van der Waals surface area contributed by atoms with E-state index in [4.69, 9.17) is 13.6 Å². The van der Waals surface area contributed by atoms with E-state index in [1.165, 1.54) is 0 Å². The molecule has 1 heterocycles. The van der Waals surface area contributed by atoms with E-state index in [2.05, 4.69) is 74.7 Å². The molecule has 1 aliphatic carbocycles. The standard InChI is InChI=1S/C22H46O4Si2/c1-20(2,3)27(8,9)25-17-15-18-22(7,24-18)19(16(17)13-12-14-23)26-28(10,11)21(4,5)6/h16-19,23H,12-15H2,1-11H3/t16-,17+,18+,19-,22+/m0/s1. The topological polar surface area (TPSA) is 51.2 Å². The van der Waals surface area contributed by atoms with Gasteiger partial charge in [-0.3, -0.25) is 0 Å². The molecule has 1 saturated carbocycles. The van der Waals surface area contributed by atoms with E-state index in [1.54, 1.807) is 0 Å². The molecule has 0 aromatic heterocycles. The van der Waals surface area contributed by atoms with E-state index in [9.17, 15) is 5.11 Å². The summed E-state index contributed by atoms with van der Waals surface area (Å²) in [5.74, 6) is 0.277. The van der Waals surface area contributed by atoms with Gasteiger partial charge in [-0.05, 0) is 56.0 Å². The van der Waals surface area contributed by atoms with E-state index in [0.717, 1.165) is 19.3 Å². The second-order valence-corrected chi connectivity index (χ2v) is 21.8. The summed E-state index contributed by atoms with van der Waals surface area (Å²) in [5.41, 5.74) is -0.192. The Morgan fingerprint density at radius 2 is 1.46 bits per heavy atom. The van der Waals surface area contributed by atoms with Crippen LogP contribution in [0.15, 0.2) is 0 Å². The maximum atomic E-state index is 9.54. The summed E-state index contributed by atoms with van der Waals surface area (Å²) < 4.78 is 20.2. The molecule has 4 nitrogen and oxygen atoms in total. The van der Waals surface area contributed by atoms with Crippen LogP contribution in [0, 0.1) is 5.92 Å². The molecule has 1 aliphatic heterocycles. The Balaban J connectivity index is 2.33. The highest BCUT2D eigenvalue weighted by molar-refractivity contribution is 6.74. The summed E-state index contributed by atoms with van der Waals surface area (Å²) in [5, 5.41) is 9.87. The van der Waals surface area contributed by atoms with Crippen molar-refractivity contribution in [1.82, 2.24) is 0 Å². The Morgan fingerprint density at radius 1 is 0.964 bits per heavy atom. The van der Waals surface area contributed by atoms with Crippen LogP contribution >= 0.6 is 0 Å². The van der Waals surface area contributed by atoms with E-state index in [-0.39, 0.29) is 46.5 Å². The summed E-state index contributed by atoms with van der Waals surface area (Å²) in [7, 11) is -3.84. The van der Waals surface area contributed by atoms with Crippen LogP contribution < -0.4 is 0 Å². The fourth-order valence-electron chi connectivity index (χ4n) is 3.86. The smallest absolute Gasteiger partial charge is 0.192 e. The minimum atomic E-state index is -1.95. The van der Waals surface area contributed by atoms with Gasteiger partial charge in [0.1, 0.15) is 5.60 Å². The van der Waals surface area contributed by atoms with Gasteiger partial charge in [0.15, 0.2) is 16.6 Å². The van der Waals surface area contributed by atoms with E-state index in [1.807, 2.05) is 0 Å². The number of ether oxygens (including phenoxy) is 1. The normalized spacial score (nSPS) is 34.3. The lowest BCUT2D eigenvalue weighted by Gasteiger charge is -2.49. The molecule has 0 aromatic carbocycles. The van der Waals surface area contributed by atoms with Crippen LogP contribution in [0.1, 0.15) is 67.7 Å². The van der Waals surface area contributed by atoms with Crippen LogP contribution in [0.25, 0.3) is 0 Å². The molecular weight excluding hydrogens is 384 g/mol. The molecule has 1 saturated heterocycles. The highest BCUT2D eigenvalue weighted by atomic mass is 28.4. The Hall–Kier alpha value is 0.274. The van der Waals surface area contributed by atoms with Crippen molar-refractivity contribution < 1.29 is 18.7 Å². The molecule has 0 bridgehead atoms. The molecule has 2 fully saturated rings. The first-order chi connectivity index (χ1) is 12.5. The first kappa shape index (κ1) is 24.5. The summed E-state index contributed by atoms with van der Waals surface area (Å²) in [6, 6.07) is 0. The first-order valence-corrected chi connectivity index (χ1v) is 16.9. The summed E-state index contributed by atoms with van der Waals surface area (Å²) in [4.78, 5) is 0. The lowest BCUT2D eigenvalue weighted by molar-refractivity contribution is -0.0294. The molecule has 5 atom stereocenters. The number of hydrogen-bond donors (Lipinski definition) is 1.